The Bertz CT molecular complexity index is 564. The van der Waals surface area contributed by atoms with Crippen molar-refractivity contribution >= 4 is 23.6 Å². The molecule has 2 aromatic heterocycles. The Morgan fingerprint density at radius 1 is 1.41 bits per heavy atom. The number of nitrogens with zero attached hydrogens (tertiary/aromatic N) is 3. The first-order valence-electron chi connectivity index (χ1n) is 5.79. The molecule has 0 bridgehead atoms. The molecule has 17 heavy (non-hydrogen) atoms. The van der Waals surface area contributed by atoms with Gasteiger partial charge in [-0.05, 0) is 32.0 Å². The van der Waals surface area contributed by atoms with Gasteiger partial charge >= 0.3 is 0 Å². The van der Waals surface area contributed by atoms with Crippen LogP contribution in [0.25, 0.3) is 10.7 Å². The summed E-state index contributed by atoms with van der Waals surface area (Å²) in [4.78, 5) is 5.66. The third-order valence-electron chi connectivity index (χ3n) is 2.55. The van der Waals surface area contributed by atoms with Gasteiger partial charge in [0.2, 0.25) is 0 Å². The number of H-pyrrole nitrogens is 1. The standard InChI is InChI=1S/C11H16N4S2/c1-4-6-15-10(13-14-11(15)16)9-7(3)12-8(5-2)17-9/h4-6H2,1-3H3,(H,14,16). The number of aromatic nitrogens is 4. The van der Waals surface area contributed by atoms with Crippen LogP contribution >= 0.6 is 23.6 Å². The van der Waals surface area contributed by atoms with Crippen molar-refractivity contribution in [2.75, 3.05) is 0 Å². The lowest BCUT2D eigenvalue weighted by molar-refractivity contribution is 0.675. The van der Waals surface area contributed by atoms with E-state index in [1.54, 1.807) is 11.3 Å². The van der Waals surface area contributed by atoms with E-state index in [0.717, 1.165) is 40.8 Å². The van der Waals surface area contributed by atoms with E-state index in [-0.39, 0.29) is 0 Å². The van der Waals surface area contributed by atoms with Crippen LogP contribution in [0.15, 0.2) is 0 Å². The molecule has 0 atom stereocenters. The summed E-state index contributed by atoms with van der Waals surface area (Å²) in [6.45, 7) is 7.17. The Balaban J connectivity index is 2.52. The lowest BCUT2D eigenvalue weighted by atomic mass is 10.3. The van der Waals surface area contributed by atoms with Gasteiger partial charge in [-0.25, -0.2) is 4.98 Å². The number of nitrogens with one attached hydrogen (secondary N) is 1. The second-order valence-electron chi connectivity index (χ2n) is 3.88. The summed E-state index contributed by atoms with van der Waals surface area (Å²) < 4.78 is 2.74. The van der Waals surface area contributed by atoms with Gasteiger partial charge in [0.05, 0.1) is 15.6 Å². The molecule has 92 valence electrons. The number of hydrogen-bond donors (Lipinski definition) is 1. The van der Waals surface area contributed by atoms with Crippen LogP contribution < -0.4 is 0 Å². The number of aryl methyl sites for hydroxylation is 2. The molecule has 0 spiro atoms. The normalized spacial score (nSPS) is 11.0. The molecule has 0 aromatic carbocycles. The summed E-state index contributed by atoms with van der Waals surface area (Å²) in [5, 5.41) is 8.35. The average Bonchev–Trinajstić information content (AvgIpc) is 2.84. The number of aromatic amines is 1. The zero-order valence-corrected chi connectivity index (χ0v) is 11.9. The van der Waals surface area contributed by atoms with Crippen LogP contribution in [0.5, 0.6) is 0 Å². The molecule has 2 aromatic rings. The van der Waals surface area contributed by atoms with Crippen molar-refractivity contribution in [3.63, 3.8) is 0 Å². The topological polar surface area (TPSA) is 46.5 Å². The van der Waals surface area contributed by atoms with E-state index in [9.17, 15) is 0 Å². The van der Waals surface area contributed by atoms with E-state index in [0.29, 0.717) is 4.77 Å². The molecule has 0 aliphatic heterocycles. The number of hydrogen-bond acceptors (Lipinski definition) is 4. The molecule has 1 N–H and O–H groups in total. The molecule has 0 radical (unpaired) electrons. The fourth-order valence-electron chi connectivity index (χ4n) is 1.73. The largest absolute Gasteiger partial charge is 0.299 e. The highest BCUT2D eigenvalue weighted by Crippen LogP contribution is 2.29. The zero-order chi connectivity index (χ0) is 12.4. The van der Waals surface area contributed by atoms with Gasteiger partial charge in [0.15, 0.2) is 10.6 Å². The quantitative estimate of drug-likeness (QED) is 0.865. The molecule has 0 fully saturated rings. The van der Waals surface area contributed by atoms with Gasteiger partial charge in [-0.2, -0.15) is 5.10 Å². The molecule has 2 rings (SSSR count). The van der Waals surface area contributed by atoms with E-state index >= 15 is 0 Å². The molecule has 0 aliphatic rings. The van der Waals surface area contributed by atoms with Gasteiger partial charge in [0.1, 0.15) is 0 Å². The van der Waals surface area contributed by atoms with Crippen LogP contribution in [0.1, 0.15) is 31.0 Å². The molecular formula is C11H16N4S2. The van der Waals surface area contributed by atoms with Crippen LogP contribution in [0.2, 0.25) is 0 Å². The zero-order valence-electron chi connectivity index (χ0n) is 10.3. The van der Waals surface area contributed by atoms with Gasteiger partial charge in [-0.15, -0.1) is 11.3 Å². The molecule has 0 saturated carbocycles. The molecule has 0 aliphatic carbocycles. The van der Waals surface area contributed by atoms with Crippen molar-refractivity contribution in [3.05, 3.63) is 15.5 Å². The number of rotatable bonds is 4. The summed E-state index contributed by atoms with van der Waals surface area (Å²) in [5.74, 6) is 0.923. The van der Waals surface area contributed by atoms with E-state index in [4.69, 9.17) is 12.2 Å². The van der Waals surface area contributed by atoms with E-state index < -0.39 is 0 Å². The van der Waals surface area contributed by atoms with E-state index in [1.165, 1.54) is 0 Å². The summed E-state index contributed by atoms with van der Waals surface area (Å²) in [6, 6.07) is 0. The van der Waals surface area contributed by atoms with Crippen molar-refractivity contribution in [2.24, 2.45) is 0 Å². The van der Waals surface area contributed by atoms with Crippen LogP contribution in [-0.4, -0.2) is 19.7 Å². The third-order valence-corrected chi connectivity index (χ3v) is 4.16. The van der Waals surface area contributed by atoms with Crippen molar-refractivity contribution in [1.82, 2.24) is 19.7 Å². The minimum Gasteiger partial charge on any atom is -0.299 e. The predicted octanol–water partition coefficient (Wildman–Crippen LogP) is 3.35. The minimum atomic E-state index is 0.688. The van der Waals surface area contributed by atoms with Crippen molar-refractivity contribution in [1.29, 1.82) is 0 Å². The Labute approximate surface area is 110 Å². The lowest BCUT2D eigenvalue weighted by Crippen LogP contribution is -1.99. The highest BCUT2D eigenvalue weighted by Gasteiger charge is 2.15. The first-order chi connectivity index (χ1) is 8.17. The maximum Gasteiger partial charge on any atom is 0.195 e. The maximum atomic E-state index is 5.25. The molecule has 2 heterocycles. The second-order valence-corrected chi connectivity index (χ2v) is 5.35. The Kier molecular flexibility index (Phi) is 3.73. The first-order valence-corrected chi connectivity index (χ1v) is 7.01. The minimum absolute atomic E-state index is 0.688. The summed E-state index contributed by atoms with van der Waals surface area (Å²) in [5.41, 5.74) is 1.04. The van der Waals surface area contributed by atoms with Crippen LogP contribution in [0, 0.1) is 11.7 Å². The first kappa shape index (κ1) is 12.4. The van der Waals surface area contributed by atoms with Gasteiger partial charge in [0, 0.05) is 6.54 Å². The molecule has 0 saturated heterocycles. The van der Waals surface area contributed by atoms with Gasteiger partial charge in [-0.1, -0.05) is 13.8 Å². The second kappa shape index (κ2) is 5.10. The average molecular weight is 268 g/mol. The summed E-state index contributed by atoms with van der Waals surface area (Å²) in [6.07, 6.45) is 2.00. The monoisotopic (exact) mass is 268 g/mol. The van der Waals surface area contributed by atoms with E-state index in [2.05, 4.69) is 33.6 Å². The number of thiazole rings is 1. The van der Waals surface area contributed by atoms with Crippen LogP contribution in [-0.2, 0) is 13.0 Å². The van der Waals surface area contributed by atoms with Gasteiger partial charge < -0.3 is 0 Å². The molecule has 0 unspecified atom stereocenters. The third kappa shape index (κ3) is 2.32. The SMILES string of the molecule is CCCn1c(-c2sc(CC)nc2C)n[nH]c1=S. The summed E-state index contributed by atoms with van der Waals surface area (Å²) >= 11 is 6.95. The van der Waals surface area contributed by atoms with Crippen molar-refractivity contribution in [3.8, 4) is 10.7 Å². The Hall–Kier alpha value is -1.01. The van der Waals surface area contributed by atoms with Gasteiger partial charge in [0.25, 0.3) is 0 Å². The smallest absolute Gasteiger partial charge is 0.195 e. The fourth-order valence-corrected chi connectivity index (χ4v) is 2.96. The molecule has 6 heteroatoms. The maximum absolute atomic E-state index is 5.25. The van der Waals surface area contributed by atoms with Crippen LogP contribution in [0.4, 0.5) is 0 Å². The highest BCUT2D eigenvalue weighted by molar-refractivity contribution is 7.71. The fraction of sp³-hybridized carbons (Fsp3) is 0.545. The molecular weight excluding hydrogens is 252 g/mol. The predicted molar refractivity (Wildman–Crippen MR) is 72.9 cm³/mol. The molecule has 0 amide bonds. The van der Waals surface area contributed by atoms with E-state index in [1.807, 2.05) is 6.92 Å². The van der Waals surface area contributed by atoms with Gasteiger partial charge in [-0.3, -0.25) is 9.67 Å². The molecule has 4 nitrogen and oxygen atoms in total. The Morgan fingerprint density at radius 3 is 2.76 bits per heavy atom. The van der Waals surface area contributed by atoms with Crippen molar-refractivity contribution in [2.45, 2.75) is 40.2 Å². The lowest BCUT2D eigenvalue weighted by Gasteiger charge is -2.02. The van der Waals surface area contributed by atoms with Crippen LogP contribution in [0.3, 0.4) is 0 Å². The summed E-state index contributed by atoms with van der Waals surface area (Å²) in [7, 11) is 0. The van der Waals surface area contributed by atoms with Crippen molar-refractivity contribution < 1.29 is 0 Å². The highest BCUT2D eigenvalue weighted by atomic mass is 32.1. The Morgan fingerprint density at radius 2 is 2.18 bits per heavy atom.